The second-order valence-electron chi connectivity index (χ2n) is 13.1. The summed E-state index contributed by atoms with van der Waals surface area (Å²) in [7, 11) is 0. The van der Waals surface area contributed by atoms with Crippen molar-refractivity contribution in [3.8, 4) is 11.3 Å². The maximum absolute atomic E-state index is 13.3. The number of ether oxygens (including phenoxy) is 4. The Morgan fingerprint density at radius 2 is 1.70 bits per heavy atom. The van der Waals surface area contributed by atoms with E-state index in [2.05, 4.69) is 11.1 Å². The molecule has 11 heteroatoms. The lowest BCUT2D eigenvalue weighted by Gasteiger charge is -2.38. The van der Waals surface area contributed by atoms with Gasteiger partial charge in [0.15, 0.2) is 0 Å². The number of aromatic nitrogens is 3. The predicted molar refractivity (Wildman–Crippen MR) is 160 cm³/mol. The fourth-order valence-electron chi connectivity index (χ4n) is 5.53. The molecule has 11 nitrogen and oxygen atoms in total. The second kappa shape index (κ2) is 12.2. The van der Waals surface area contributed by atoms with Crippen LogP contribution in [0.15, 0.2) is 30.6 Å². The summed E-state index contributed by atoms with van der Waals surface area (Å²) in [6, 6.07) is 5.48. The number of hydrogen-bond donors (Lipinski definition) is 1. The van der Waals surface area contributed by atoms with E-state index >= 15 is 0 Å². The zero-order chi connectivity index (χ0) is 30.9. The Morgan fingerprint density at radius 1 is 1.00 bits per heavy atom. The van der Waals surface area contributed by atoms with Crippen LogP contribution in [-0.2, 0) is 25.6 Å². The topological polar surface area (TPSA) is 125 Å². The molecule has 2 aliphatic heterocycles. The summed E-state index contributed by atoms with van der Waals surface area (Å²) >= 11 is 0. The van der Waals surface area contributed by atoms with E-state index in [9.17, 15) is 14.7 Å². The fraction of sp³-hybridized carbons (Fsp3) is 0.562. The average molecular weight is 595 g/mol. The minimum atomic E-state index is -0.685. The van der Waals surface area contributed by atoms with Gasteiger partial charge in [0.1, 0.15) is 22.9 Å². The molecule has 43 heavy (non-hydrogen) atoms. The molecular formula is C32H42N4O7. The van der Waals surface area contributed by atoms with Crippen LogP contribution < -0.4 is 0 Å². The molecule has 2 aliphatic rings. The van der Waals surface area contributed by atoms with E-state index in [4.69, 9.17) is 23.9 Å². The van der Waals surface area contributed by atoms with Gasteiger partial charge < -0.3 is 24.1 Å². The maximum Gasteiger partial charge on any atom is 0.420 e. The highest BCUT2D eigenvalue weighted by Crippen LogP contribution is 2.37. The van der Waals surface area contributed by atoms with Crippen LogP contribution in [0.25, 0.3) is 22.3 Å². The molecule has 1 atom stereocenters. The number of pyridine rings is 2. The van der Waals surface area contributed by atoms with E-state index in [1.165, 1.54) is 4.57 Å². The second-order valence-corrected chi connectivity index (χ2v) is 13.1. The van der Waals surface area contributed by atoms with E-state index in [-0.39, 0.29) is 12.5 Å². The molecule has 0 aliphatic carbocycles. The molecule has 1 N–H and O–H groups in total. The minimum Gasteiger partial charge on any atom is -0.444 e. The molecule has 2 fully saturated rings. The van der Waals surface area contributed by atoms with Gasteiger partial charge in [-0.1, -0.05) is 6.07 Å². The van der Waals surface area contributed by atoms with Crippen LogP contribution in [0.2, 0.25) is 0 Å². The van der Waals surface area contributed by atoms with Gasteiger partial charge in [-0.3, -0.25) is 9.88 Å². The van der Waals surface area contributed by atoms with Gasteiger partial charge in [-0.05, 0) is 78.0 Å². The van der Waals surface area contributed by atoms with Crippen LogP contribution in [0.3, 0.4) is 0 Å². The van der Waals surface area contributed by atoms with Crippen LogP contribution in [-0.4, -0.2) is 80.9 Å². The third kappa shape index (κ3) is 7.00. The van der Waals surface area contributed by atoms with Crippen LogP contribution in [0.1, 0.15) is 83.2 Å². The van der Waals surface area contributed by atoms with Gasteiger partial charge in [0.05, 0.1) is 31.2 Å². The van der Waals surface area contributed by atoms with Gasteiger partial charge in [0.2, 0.25) is 0 Å². The third-order valence-corrected chi connectivity index (χ3v) is 7.47. The van der Waals surface area contributed by atoms with E-state index in [1.807, 2.05) is 32.9 Å². The largest absolute Gasteiger partial charge is 0.444 e. The van der Waals surface area contributed by atoms with Crippen molar-refractivity contribution in [1.82, 2.24) is 19.4 Å². The molecular weight excluding hydrogens is 552 g/mol. The number of carbonyl (C=O) groups excluding carboxylic acids is 2. The van der Waals surface area contributed by atoms with E-state index in [0.29, 0.717) is 60.8 Å². The average Bonchev–Trinajstić information content (AvgIpc) is 3.34. The zero-order valence-corrected chi connectivity index (χ0v) is 25.9. The highest BCUT2D eigenvalue weighted by molar-refractivity contribution is 5.91. The van der Waals surface area contributed by atoms with Crippen LogP contribution in [0, 0.1) is 0 Å². The number of hydrogen-bond acceptors (Lipinski definition) is 9. The molecule has 0 bridgehead atoms. The summed E-state index contributed by atoms with van der Waals surface area (Å²) in [6.45, 7) is 13.1. The molecule has 0 aromatic carbocycles. The van der Waals surface area contributed by atoms with Crippen molar-refractivity contribution in [2.45, 2.75) is 84.2 Å². The molecule has 1 unspecified atom stereocenters. The highest BCUT2D eigenvalue weighted by atomic mass is 16.6. The number of rotatable bonds is 4. The van der Waals surface area contributed by atoms with Gasteiger partial charge in [-0.2, -0.15) is 0 Å². The normalized spacial score (nSPS) is 18.6. The lowest BCUT2D eigenvalue weighted by molar-refractivity contribution is -0.0344. The minimum absolute atomic E-state index is 0.233. The Morgan fingerprint density at radius 3 is 2.37 bits per heavy atom. The first kappa shape index (κ1) is 30.9. The summed E-state index contributed by atoms with van der Waals surface area (Å²) in [5.74, 6) is 0.233. The number of fused-ring (bicyclic) bond motifs is 1. The van der Waals surface area contributed by atoms with Crippen molar-refractivity contribution in [1.29, 1.82) is 0 Å². The van der Waals surface area contributed by atoms with Crippen molar-refractivity contribution >= 4 is 23.2 Å². The summed E-state index contributed by atoms with van der Waals surface area (Å²) in [5, 5.41) is 10.7. The molecule has 5 rings (SSSR count). The lowest BCUT2D eigenvalue weighted by Crippen LogP contribution is -2.46. The summed E-state index contributed by atoms with van der Waals surface area (Å²) in [5.41, 5.74) is 2.81. The Labute approximate surface area is 252 Å². The Bertz CT molecular complexity index is 1480. The first-order chi connectivity index (χ1) is 20.3. The monoisotopic (exact) mass is 594 g/mol. The smallest absolute Gasteiger partial charge is 0.420 e. The van der Waals surface area contributed by atoms with Crippen molar-refractivity contribution in [2.24, 2.45) is 0 Å². The molecule has 3 aromatic rings. The van der Waals surface area contributed by atoms with Crippen molar-refractivity contribution in [3.05, 3.63) is 47.4 Å². The quantitative estimate of drug-likeness (QED) is 0.412. The highest BCUT2D eigenvalue weighted by Gasteiger charge is 2.36. The number of aliphatic hydroxyl groups excluding tert-OH is 1. The van der Waals surface area contributed by atoms with E-state index in [1.54, 1.807) is 38.1 Å². The fourth-order valence-corrected chi connectivity index (χ4v) is 5.53. The summed E-state index contributed by atoms with van der Waals surface area (Å²) < 4.78 is 24.1. The number of carbonyl (C=O) groups is 2. The standard InChI is InChI=1S/C32H42N4O7/c1-31(2,3)42-29(38)35-11-14-41-19-26(35)27-23(20-9-12-40-13-10-20)7-8-25(34-27)21-15-24-22(18-37)17-36(28(24)33-16-21)30(39)43-32(4,5)6/h7-8,15-17,20,26,37H,9-14,18-19H2,1-6H3. The number of aliphatic hydroxyl groups is 1. The van der Waals surface area contributed by atoms with E-state index in [0.717, 1.165) is 24.1 Å². The zero-order valence-electron chi connectivity index (χ0n) is 25.9. The Kier molecular flexibility index (Phi) is 8.78. The first-order valence-electron chi connectivity index (χ1n) is 14.8. The molecule has 0 spiro atoms. The Balaban J connectivity index is 1.57. The van der Waals surface area contributed by atoms with Crippen molar-refractivity contribution < 1.29 is 33.6 Å². The van der Waals surface area contributed by atoms with Gasteiger partial charge in [0.25, 0.3) is 0 Å². The number of morpholine rings is 1. The van der Waals surface area contributed by atoms with E-state index < -0.39 is 29.4 Å². The molecule has 2 saturated heterocycles. The number of amides is 1. The van der Waals surface area contributed by atoms with Gasteiger partial charge in [0, 0.05) is 48.7 Å². The van der Waals surface area contributed by atoms with Crippen molar-refractivity contribution in [3.63, 3.8) is 0 Å². The van der Waals surface area contributed by atoms with Crippen LogP contribution in [0.5, 0.6) is 0 Å². The van der Waals surface area contributed by atoms with Gasteiger partial charge in [-0.25, -0.2) is 19.1 Å². The summed E-state index contributed by atoms with van der Waals surface area (Å²) in [4.78, 5) is 37.7. The predicted octanol–water partition coefficient (Wildman–Crippen LogP) is 5.58. The Hall–Kier alpha value is -3.54. The molecule has 232 valence electrons. The lowest BCUT2D eigenvalue weighted by atomic mass is 9.87. The molecule has 3 aromatic heterocycles. The van der Waals surface area contributed by atoms with Crippen LogP contribution >= 0.6 is 0 Å². The first-order valence-corrected chi connectivity index (χ1v) is 14.8. The third-order valence-electron chi connectivity index (χ3n) is 7.47. The van der Waals surface area contributed by atoms with Gasteiger partial charge >= 0.3 is 12.2 Å². The molecule has 0 saturated carbocycles. The molecule has 0 radical (unpaired) electrons. The molecule has 1 amide bonds. The summed E-state index contributed by atoms with van der Waals surface area (Å²) in [6.07, 6.45) is 3.97. The molecule has 5 heterocycles. The number of nitrogens with zero attached hydrogens (tertiary/aromatic N) is 4. The van der Waals surface area contributed by atoms with Crippen LogP contribution in [0.4, 0.5) is 9.59 Å². The maximum atomic E-state index is 13.3. The SMILES string of the molecule is CC(C)(C)OC(=O)N1CCOCC1c1nc(-c2cnc3c(c2)c(CO)cn3C(=O)OC(C)(C)C)ccc1C1CCOCC1. The van der Waals surface area contributed by atoms with Gasteiger partial charge in [-0.15, -0.1) is 0 Å². The van der Waals surface area contributed by atoms with Crippen molar-refractivity contribution in [2.75, 3.05) is 33.0 Å².